The van der Waals surface area contributed by atoms with E-state index in [2.05, 4.69) is 22.3 Å². The molecule has 1 heterocycles. The molecule has 2 aromatic rings. The summed E-state index contributed by atoms with van der Waals surface area (Å²) in [7, 11) is 1.66. The number of para-hydroxylation sites is 1. The number of carbonyl (C=O) groups is 1. The monoisotopic (exact) mass is 438 g/mol. The number of carbonyl (C=O) groups excluding carboxylic acids is 1. The minimum atomic E-state index is -0.630. The van der Waals surface area contributed by atoms with Crippen molar-refractivity contribution in [1.29, 1.82) is 0 Å². The van der Waals surface area contributed by atoms with Gasteiger partial charge in [-0.15, -0.1) is 12.4 Å². The van der Waals surface area contributed by atoms with E-state index in [9.17, 15) is 4.79 Å². The van der Waals surface area contributed by atoms with Crippen LogP contribution < -0.4 is 14.8 Å². The highest BCUT2D eigenvalue weighted by Crippen LogP contribution is 2.27. The summed E-state index contributed by atoms with van der Waals surface area (Å²) in [6.07, 6.45) is 1.74. The Bertz CT molecular complexity index is 780. The summed E-state index contributed by atoms with van der Waals surface area (Å²) in [5.41, 5.74) is 1.17. The van der Waals surface area contributed by atoms with Crippen LogP contribution in [0, 0.1) is 0 Å². The summed E-state index contributed by atoms with van der Waals surface area (Å²) >= 11 is 6.12. The van der Waals surface area contributed by atoms with Gasteiger partial charge in [-0.05, 0) is 62.7 Å². The topological polar surface area (TPSA) is 50.8 Å². The van der Waals surface area contributed by atoms with Crippen LogP contribution in [-0.2, 0) is 4.79 Å². The molecule has 2 aromatic carbocycles. The number of likely N-dealkylation sites (tertiary alicyclic amines) is 1. The molecule has 1 N–H and O–H groups in total. The molecule has 0 radical (unpaired) electrons. The molecule has 1 saturated heterocycles. The van der Waals surface area contributed by atoms with Crippen molar-refractivity contribution >= 4 is 29.9 Å². The number of nitrogens with one attached hydrogen (secondary N) is 1. The van der Waals surface area contributed by atoms with E-state index in [1.54, 1.807) is 26.2 Å². The summed E-state index contributed by atoms with van der Waals surface area (Å²) in [6, 6.07) is 15.4. The molecule has 0 aromatic heterocycles. The van der Waals surface area contributed by atoms with Crippen molar-refractivity contribution in [3.05, 3.63) is 59.1 Å². The third-order valence-corrected chi connectivity index (χ3v) is 5.37. The average molecular weight is 439 g/mol. The molecule has 3 rings (SSSR count). The Kier molecular flexibility index (Phi) is 9.08. The van der Waals surface area contributed by atoms with Crippen molar-refractivity contribution in [2.75, 3.05) is 26.7 Å². The quantitative estimate of drug-likeness (QED) is 0.659. The number of methoxy groups -OCH3 is 1. The number of halogens is 2. The third kappa shape index (κ3) is 6.26. The molecule has 0 spiro atoms. The lowest BCUT2D eigenvalue weighted by molar-refractivity contribution is -0.127. The lowest BCUT2D eigenvalue weighted by atomic mass is 10.1. The Labute approximate surface area is 183 Å². The van der Waals surface area contributed by atoms with Crippen LogP contribution in [0.2, 0.25) is 5.02 Å². The highest BCUT2D eigenvalue weighted by molar-refractivity contribution is 6.32. The Morgan fingerprint density at radius 3 is 2.41 bits per heavy atom. The van der Waals surface area contributed by atoms with E-state index in [0.29, 0.717) is 17.3 Å². The lowest BCUT2D eigenvalue weighted by Crippen LogP contribution is -2.42. The zero-order valence-corrected chi connectivity index (χ0v) is 18.3. The van der Waals surface area contributed by atoms with Gasteiger partial charge in [0.1, 0.15) is 11.5 Å². The molecule has 5 nitrogen and oxygen atoms in total. The first-order chi connectivity index (χ1) is 13.6. The number of hydrogen-bond acceptors (Lipinski definition) is 4. The van der Waals surface area contributed by atoms with Gasteiger partial charge in [-0.25, -0.2) is 0 Å². The maximum absolute atomic E-state index is 12.6. The van der Waals surface area contributed by atoms with Gasteiger partial charge in [0.25, 0.3) is 5.91 Å². The Balaban J connectivity index is 0.00000300. The van der Waals surface area contributed by atoms with Crippen molar-refractivity contribution < 1.29 is 14.3 Å². The van der Waals surface area contributed by atoms with Crippen LogP contribution in [0.3, 0.4) is 0 Å². The minimum Gasteiger partial charge on any atom is -0.497 e. The standard InChI is InChI=1S/C22H27ClN2O3.ClH/c1-16(28-21-8-4-3-7-19(21)23)22(26)24-15-20(25-13-5-6-14-25)17-9-11-18(27-2)12-10-17;/h3-4,7-12,16,20H,5-6,13-15H2,1-2H3,(H,24,26);1H. The number of rotatable bonds is 8. The molecule has 1 amide bonds. The molecule has 29 heavy (non-hydrogen) atoms. The number of amides is 1. The van der Waals surface area contributed by atoms with Gasteiger partial charge in [0, 0.05) is 6.54 Å². The number of nitrogens with zero attached hydrogens (tertiary/aromatic N) is 1. The second-order valence-corrected chi connectivity index (χ2v) is 7.37. The van der Waals surface area contributed by atoms with Gasteiger partial charge in [0.15, 0.2) is 6.10 Å². The predicted octanol–water partition coefficient (Wildman–Crippen LogP) is 4.49. The zero-order valence-electron chi connectivity index (χ0n) is 16.8. The normalized spacial score (nSPS) is 15.8. The van der Waals surface area contributed by atoms with E-state index < -0.39 is 6.10 Å². The first kappa shape index (κ1) is 23.3. The molecule has 0 bridgehead atoms. The second-order valence-electron chi connectivity index (χ2n) is 6.97. The fourth-order valence-electron chi connectivity index (χ4n) is 3.46. The average Bonchev–Trinajstić information content (AvgIpc) is 3.24. The van der Waals surface area contributed by atoms with E-state index in [1.165, 1.54) is 18.4 Å². The van der Waals surface area contributed by atoms with E-state index in [1.807, 2.05) is 24.3 Å². The van der Waals surface area contributed by atoms with Crippen LogP contribution in [0.25, 0.3) is 0 Å². The molecule has 7 heteroatoms. The number of benzene rings is 2. The molecule has 0 aliphatic carbocycles. The molecule has 2 atom stereocenters. The van der Waals surface area contributed by atoms with Gasteiger partial charge >= 0.3 is 0 Å². The maximum Gasteiger partial charge on any atom is 0.260 e. The van der Waals surface area contributed by atoms with Gasteiger partial charge in [-0.1, -0.05) is 35.9 Å². The van der Waals surface area contributed by atoms with Gasteiger partial charge in [0.2, 0.25) is 0 Å². The van der Waals surface area contributed by atoms with Crippen LogP contribution in [0.1, 0.15) is 31.4 Å². The van der Waals surface area contributed by atoms with Gasteiger partial charge in [-0.3, -0.25) is 9.69 Å². The molecule has 0 saturated carbocycles. The lowest BCUT2D eigenvalue weighted by Gasteiger charge is -2.29. The van der Waals surface area contributed by atoms with E-state index in [4.69, 9.17) is 21.1 Å². The van der Waals surface area contributed by atoms with Gasteiger partial charge < -0.3 is 14.8 Å². The number of ether oxygens (including phenoxy) is 2. The fraction of sp³-hybridized carbons (Fsp3) is 0.409. The minimum absolute atomic E-state index is 0. The van der Waals surface area contributed by atoms with E-state index >= 15 is 0 Å². The summed E-state index contributed by atoms with van der Waals surface area (Å²) < 4.78 is 11.0. The molecular formula is C22H28Cl2N2O3. The molecule has 158 valence electrons. The van der Waals surface area contributed by atoms with Crippen LogP contribution in [0.4, 0.5) is 0 Å². The smallest absolute Gasteiger partial charge is 0.260 e. The van der Waals surface area contributed by atoms with Crippen LogP contribution in [0.5, 0.6) is 11.5 Å². The Morgan fingerprint density at radius 2 is 1.79 bits per heavy atom. The van der Waals surface area contributed by atoms with Crippen molar-refractivity contribution in [3.8, 4) is 11.5 Å². The number of hydrogen-bond donors (Lipinski definition) is 1. The van der Waals surface area contributed by atoms with Crippen LogP contribution in [-0.4, -0.2) is 43.7 Å². The van der Waals surface area contributed by atoms with Crippen molar-refractivity contribution in [2.24, 2.45) is 0 Å². The predicted molar refractivity (Wildman–Crippen MR) is 118 cm³/mol. The maximum atomic E-state index is 12.6. The SMILES string of the molecule is COc1ccc(C(CNC(=O)C(C)Oc2ccccc2Cl)N2CCCC2)cc1.Cl. The van der Waals surface area contributed by atoms with Crippen molar-refractivity contribution in [1.82, 2.24) is 10.2 Å². The summed E-state index contributed by atoms with van der Waals surface area (Å²) in [4.78, 5) is 15.0. The van der Waals surface area contributed by atoms with Crippen LogP contribution >= 0.6 is 24.0 Å². The Morgan fingerprint density at radius 1 is 1.14 bits per heavy atom. The molecule has 2 unspecified atom stereocenters. The third-order valence-electron chi connectivity index (χ3n) is 5.06. The van der Waals surface area contributed by atoms with Crippen molar-refractivity contribution in [3.63, 3.8) is 0 Å². The highest BCUT2D eigenvalue weighted by Gasteiger charge is 2.25. The van der Waals surface area contributed by atoms with Gasteiger partial charge in [-0.2, -0.15) is 0 Å². The highest BCUT2D eigenvalue weighted by atomic mass is 35.5. The van der Waals surface area contributed by atoms with Crippen molar-refractivity contribution in [2.45, 2.75) is 31.9 Å². The second kappa shape index (κ2) is 11.3. The van der Waals surface area contributed by atoms with Crippen LogP contribution in [0.15, 0.2) is 48.5 Å². The summed E-state index contributed by atoms with van der Waals surface area (Å²) in [5, 5.41) is 3.54. The fourth-order valence-corrected chi connectivity index (χ4v) is 3.64. The van der Waals surface area contributed by atoms with Gasteiger partial charge in [0.05, 0.1) is 18.2 Å². The largest absolute Gasteiger partial charge is 0.497 e. The molecule has 1 aliphatic rings. The first-order valence-corrected chi connectivity index (χ1v) is 10.0. The molecule has 1 fully saturated rings. The molecular weight excluding hydrogens is 411 g/mol. The molecule has 1 aliphatic heterocycles. The van der Waals surface area contributed by atoms with E-state index in [0.717, 1.165) is 18.8 Å². The van der Waals surface area contributed by atoms with E-state index in [-0.39, 0.29) is 24.4 Å². The zero-order chi connectivity index (χ0) is 19.9. The summed E-state index contributed by atoms with van der Waals surface area (Å²) in [6.45, 7) is 4.34. The summed E-state index contributed by atoms with van der Waals surface area (Å²) in [5.74, 6) is 1.19. The first-order valence-electron chi connectivity index (χ1n) is 9.65. The Hall–Kier alpha value is -1.95.